The van der Waals surface area contributed by atoms with Crippen LogP contribution in [0.2, 0.25) is 0 Å². The molecule has 0 aromatic rings. The van der Waals surface area contributed by atoms with E-state index >= 15 is 0 Å². The van der Waals surface area contributed by atoms with E-state index in [4.69, 9.17) is 4.74 Å². The summed E-state index contributed by atoms with van der Waals surface area (Å²) in [5.74, 6) is -1.67. The number of hydrogen-bond donors (Lipinski definition) is 1. The van der Waals surface area contributed by atoms with Crippen molar-refractivity contribution < 1.29 is 19.4 Å². The van der Waals surface area contributed by atoms with Gasteiger partial charge in [-0.25, -0.2) is 0 Å². The minimum Gasteiger partial charge on any atom is -0.481 e. The normalized spacial score (nSPS) is 22.1. The van der Waals surface area contributed by atoms with Gasteiger partial charge < -0.3 is 9.84 Å². The number of carbonyl (C=O) groups is 2. The van der Waals surface area contributed by atoms with Crippen LogP contribution in [0.4, 0.5) is 0 Å². The summed E-state index contributed by atoms with van der Waals surface area (Å²) in [6.07, 6.45) is 11.3. The van der Waals surface area contributed by atoms with Crippen LogP contribution in [0, 0.1) is 17.8 Å². The Labute approximate surface area is 140 Å². The van der Waals surface area contributed by atoms with Crippen molar-refractivity contribution in [3.05, 3.63) is 12.2 Å². The fourth-order valence-electron chi connectivity index (χ4n) is 3.03. The average Bonchev–Trinajstić information content (AvgIpc) is 2.50. The zero-order chi connectivity index (χ0) is 17.2. The van der Waals surface area contributed by atoms with Crippen LogP contribution < -0.4 is 0 Å². The van der Waals surface area contributed by atoms with Crippen molar-refractivity contribution >= 4 is 11.9 Å². The molecular formula is C19H32O4. The number of allylic oxidation sites excluding steroid dienone is 2. The summed E-state index contributed by atoms with van der Waals surface area (Å²) in [4.78, 5) is 23.4. The number of rotatable bonds is 10. The molecule has 3 atom stereocenters. The van der Waals surface area contributed by atoms with Crippen molar-refractivity contribution in [2.45, 2.75) is 78.2 Å². The number of carbonyl (C=O) groups excluding carboxylic acids is 1. The highest BCUT2D eigenvalue weighted by molar-refractivity contribution is 5.81. The molecule has 1 N–H and O–H groups in total. The fraction of sp³-hybridized carbons (Fsp3) is 0.789. The highest BCUT2D eigenvalue weighted by atomic mass is 16.5. The van der Waals surface area contributed by atoms with Gasteiger partial charge in [0.15, 0.2) is 0 Å². The van der Waals surface area contributed by atoms with E-state index in [1.54, 1.807) is 0 Å². The molecule has 4 heteroatoms. The Balaban J connectivity index is 2.25. The highest BCUT2D eigenvalue weighted by Gasteiger charge is 2.35. The summed E-state index contributed by atoms with van der Waals surface area (Å²) >= 11 is 0. The van der Waals surface area contributed by atoms with Gasteiger partial charge in [-0.15, -0.1) is 0 Å². The van der Waals surface area contributed by atoms with E-state index in [9.17, 15) is 14.7 Å². The molecule has 0 aromatic heterocycles. The standard InChI is InChI=1S/C19H32O4/c1-14(2)10-6-4-5-7-11-15(3)23-19(22)17-13-9-8-12-16(17)18(20)21/h8-9,14-17H,4-7,10-13H2,1-3H3,(H,20,21). The van der Waals surface area contributed by atoms with Crippen LogP contribution >= 0.6 is 0 Å². The smallest absolute Gasteiger partial charge is 0.310 e. The van der Waals surface area contributed by atoms with Gasteiger partial charge >= 0.3 is 11.9 Å². The third-order valence-electron chi connectivity index (χ3n) is 4.51. The monoisotopic (exact) mass is 324 g/mol. The number of carboxylic acids is 1. The maximum atomic E-state index is 12.2. The molecule has 1 rings (SSSR count). The van der Waals surface area contributed by atoms with Crippen molar-refractivity contribution in [1.29, 1.82) is 0 Å². The van der Waals surface area contributed by atoms with Gasteiger partial charge in [0.1, 0.15) is 0 Å². The van der Waals surface area contributed by atoms with E-state index < -0.39 is 17.8 Å². The summed E-state index contributed by atoms with van der Waals surface area (Å²) in [5.41, 5.74) is 0. The Morgan fingerprint density at radius 2 is 1.57 bits per heavy atom. The van der Waals surface area contributed by atoms with Crippen LogP contribution in [0.15, 0.2) is 12.2 Å². The van der Waals surface area contributed by atoms with Gasteiger partial charge in [-0.3, -0.25) is 9.59 Å². The lowest BCUT2D eigenvalue weighted by Crippen LogP contribution is -2.33. The van der Waals surface area contributed by atoms with Crippen molar-refractivity contribution in [2.75, 3.05) is 0 Å². The molecule has 3 unspecified atom stereocenters. The predicted octanol–water partition coefficient (Wildman–Crippen LogP) is 4.58. The minimum atomic E-state index is -0.908. The molecule has 0 bridgehead atoms. The Bertz CT molecular complexity index is 400. The second-order valence-corrected chi connectivity index (χ2v) is 7.13. The maximum absolute atomic E-state index is 12.2. The lowest BCUT2D eigenvalue weighted by molar-refractivity contribution is -0.161. The summed E-state index contributed by atoms with van der Waals surface area (Å²) in [6, 6.07) is 0. The van der Waals surface area contributed by atoms with Crippen molar-refractivity contribution in [1.82, 2.24) is 0 Å². The molecule has 0 amide bonds. The van der Waals surface area contributed by atoms with E-state index in [1.807, 2.05) is 19.1 Å². The summed E-state index contributed by atoms with van der Waals surface area (Å²) in [6.45, 7) is 6.39. The van der Waals surface area contributed by atoms with Crippen LogP contribution in [0.3, 0.4) is 0 Å². The van der Waals surface area contributed by atoms with E-state index in [1.165, 1.54) is 25.7 Å². The lowest BCUT2D eigenvalue weighted by Gasteiger charge is -2.25. The van der Waals surface area contributed by atoms with Crippen molar-refractivity contribution in [2.24, 2.45) is 17.8 Å². The van der Waals surface area contributed by atoms with Crippen molar-refractivity contribution in [3.63, 3.8) is 0 Å². The molecule has 4 nitrogen and oxygen atoms in total. The summed E-state index contributed by atoms with van der Waals surface area (Å²) < 4.78 is 5.48. The number of ether oxygens (including phenoxy) is 1. The lowest BCUT2D eigenvalue weighted by atomic mass is 9.83. The molecule has 0 saturated carbocycles. The Hall–Kier alpha value is -1.32. The molecule has 0 aliphatic heterocycles. The molecule has 0 heterocycles. The zero-order valence-corrected chi connectivity index (χ0v) is 14.8. The zero-order valence-electron chi connectivity index (χ0n) is 14.8. The molecule has 132 valence electrons. The Morgan fingerprint density at radius 3 is 2.13 bits per heavy atom. The van der Waals surface area contributed by atoms with E-state index in [0.717, 1.165) is 18.8 Å². The molecule has 0 spiro atoms. The molecule has 1 aliphatic rings. The Morgan fingerprint density at radius 1 is 1.00 bits per heavy atom. The first-order chi connectivity index (χ1) is 10.9. The van der Waals surface area contributed by atoms with Crippen LogP contribution in [0.1, 0.15) is 72.1 Å². The number of unbranched alkanes of at least 4 members (excludes halogenated alkanes) is 3. The molecule has 1 aliphatic carbocycles. The predicted molar refractivity (Wildman–Crippen MR) is 91.1 cm³/mol. The topological polar surface area (TPSA) is 63.6 Å². The van der Waals surface area contributed by atoms with E-state index in [-0.39, 0.29) is 12.1 Å². The quantitative estimate of drug-likeness (QED) is 0.363. The van der Waals surface area contributed by atoms with E-state index in [0.29, 0.717) is 12.8 Å². The SMILES string of the molecule is CC(C)CCCCCCC(C)OC(=O)C1CC=CCC1C(=O)O. The average molecular weight is 324 g/mol. The molecule has 0 radical (unpaired) electrons. The first kappa shape index (κ1) is 19.7. The highest BCUT2D eigenvalue weighted by Crippen LogP contribution is 2.27. The number of hydrogen-bond acceptors (Lipinski definition) is 3. The Kier molecular flexibility index (Phi) is 8.97. The van der Waals surface area contributed by atoms with Gasteiger partial charge in [0.2, 0.25) is 0 Å². The number of carboxylic acid groups (broad SMARTS) is 1. The van der Waals surface area contributed by atoms with E-state index in [2.05, 4.69) is 13.8 Å². The summed E-state index contributed by atoms with van der Waals surface area (Å²) in [7, 11) is 0. The second kappa shape index (κ2) is 10.5. The number of aliphatic carboxylic acids is 1. The van der Waals surface area contributed by atoms with Crippen LogP contribution in [-0.4, -0.2) is 23.1 Å². The molecule has 23 heavy (non-hydrogen) atoms. The van der Waals surface area contributed by atoms with Crippen LogP contribution in [0.25, 0.3) is 0 Å². The first-order valence-corrected chi connectivity index (χ1v) is 9.00. The molecule has 0 aromatic carbocycles. The van der Waals surface area contributed by atoms with Gasteiger partial charge in [-0.2, -0.15) is 0 Å². The largest absolute Gasteiger partial charge is 0.481 e. The van der Waals surface area contributed by atoms with Crippen LogP contribution in [-0.2, 0) is 14.3 Å². The third-order valence-corrected chi connectivity index (χ3v) is 4.51. The van der Waals surface area contributed by atoms with Gasteiger partial charge in [-0.05, 0) is 38.5 Å². The maximum Gasteiger partial charge on any atom is 0.310 e. The van der Waals surface area contributed by atoms with Gasteiger partial charge in [0, 0.05) is 0 Å². The molecule has 0 saturated heterocycles. The summed E-state index contributed by atoms with van der Waals surface area (Å²) in [5, 5.41) is 9.21. The van der Waals surface area contributed by atoms with Gasteiger partial charge in [0.05, 0.1) is 17.9 Å². The molecule has 0 fully saturated rings. The van der Waals surface area contributed by atoms with Crippen molar-refractivity contribution in [3.8, 4) is 0 Å². The third kappa shape index (κ3) is 7.67. The number of esters is 1. The van der Waals surface area contributed by atoms with Gasteiger partial charge in [-0.1, -0.05) is 51.7 Å². The van der Waals surface area contributed by atoms with Crippen LogP contribution in [0.5, 0.6) is 0 Å². The first-order valence-electron chi connectivity index (χ1n) is 9.00. The van der Waals surface area contributed by atoms with Gasteiger partial charge in [0.25, 0.3) is 0 Å². The molecular weight excluding hydrogens is 292 g/mol. The second-order valence-electron chi connectivity index (χ2n) is 7.13. The minimum absolute atomic E-state index is 0.132. The fourth-order valence-corrected chi connectivity index (χ4v) is 3.03.